The zero-order chi connectivity index (χ0) is 16.5. The number of hydrogen-bond donors (Lipinski definition) is 4. The normalized spacial score (nSPS) is 10.8. The van der Waals surface area contributed by atoms with Crippen LogP contribution in [0.4, 0.5) is 11.4 Å². The van der Waals surface area contributed by atoms with Crippen LogP contribution < -0.4 is 9.80 Å². The van der Waals surface area contributed by atoms with Crippen LogP contribution in [0.25, 0.3) is 0 Å². The quantitative estimate of drug-likeness (QED) is 0.492. The Balaban J connectivity index is 3.13. The van der Waals surface area contributed by atoms with Gasteiger partial charge in [-0.25, -0.2) is 0 Å². The summed E-state index contributed by atoms with van der Waals surface area (Å²) in [6, 6.07) is 3.49. The van der Waals surface area contributed by atoms with E-state index in [1.165, 1.54) is 0 Å². The Bertz CT molecular complexity index is 410. The first kappa shape index (κ1) is 19.3. The van der Waals surface area contributed by atoms with Crippen molar-refractivity contribution in [2.75, 3.05) is 62.4 Å². The second-order valence-corrected chi connectivity index (χ2v) is 5.36. The molecule has 22 heavy (non-hydrogen) atoms. The number of nitrogens with zero attached hydrogens (tertiary/aromatic N) is 2. The standard InChI is InChI=1S/C14H22Cl2N2O4/c15-13-11(17(3-7-19)4-8-20)1-2-12(14(13)16)18(5-9-21)6-10-22/h1-2,19-22H,3-10H2. The van der Waals surface area contributed by atoms with Crippen LogP contribution in [0, 0.1) is 0 Å². The van der Waals surface area contributed by atoms with Gasteiger partial charge in [0.25, 0.3) is 0 Å². The highest BCUT2D eigenvalue weighted by Gasteiger charge is 2.18. The van der Waals surface area contributed by atoms with Gasteiger partial charge >= 0.3 is 0 Å². The van der Waals surface area contributed by atoms with Crippen LogP contribution in [-0.2, 0) is 0 Å². The molecule has 0 atom stereocenters. The molecule has 0 aromatic heterocycles. The lowest BCUT2D eigenvalue weighted by atomic mass is 10.2. The van der Waals surface area contributed by atoms with Crippen LogP contribution in [0.15, 0.2) is 12.1 Å². The Morgan fingerprint density at radius 2 is 0.909 bits per heavy atom. The summed E-state index contributed by atoms with van der Waals surface area (Å²) in [6.45, 7) is 1.02. The molecule has 0 aliphatic heterocycles. The number of aliphatic hydroxyl groups is 4. The summed E-state index contributed by atoms with van der Waals surface area (Å²) in [5.41, 5.74) is 1.23. The van der Waals surface area contributed by atoms with Gasteiger partial charge in [0.15, 0.2) is 0 Å². The van der Waals surface area contributed by atoms with Gasteiger partial charge in [0.2, 0.25) is 0 Å². The van der Waals surface area contributed by atoms with E-state index in [1.54, 1.807) is 21.9 Å². The molecule has 1 aromatic carbocycles. The summed E-state index contributed by atoms with van der Waals surface area (Å²) in [7, 11) is 0. The monoisotopic (exact) mass is 352 g/mol. The van der Waals surface area contributed by atoms with Crippen molar-refractivity contribution in [2.45, 2.75) is 0 Å². The van der Waals surface area contributed by atoms with Crippen LogP contribution in [0.3, 0.4) is 0 Å². The van der Waals surface area contributed by atoms with Crippen LogP contribution in [-0.4, -0.2) is 73.0 Å². The number of aliphatic hydroxyl groups excluding tert-OH is 4. The van der Waals surface area contributed by atoms with Gasteiger partial charge in [0, 0.05) is 26.2 Å². The van der Waals surface area contributed by atoms with E-state index in [0.717, 1.165) is 0 Å². The van der Waals surface area contributed by atoms with Crippen molar-refractivity contribution in [1.29, 1.82) is 0 Å². The van der Waals surface area contributed by atoms with Crippen molar-refractivity contribution >= 4 is 34.6 Å². The summed E-state index contributed by atoms with van der Waals surface area (Å²) < 4.78 is 0. The highest BCUT2D eigenvalue weighted by atomic mass is 35.5. The molecular weight excluding hydrogens is 331 g/mol. The molecule has 0 bridgehead atoms. The van der Waals surface area contributed by atoms with E-state index in [1.807, 2.05) is 0 Å². The third kappa shape index (κ3) is 4.87. The van der Waals surface area contributed by atoms with Gasteiger partial charge < -0.3 is 30.2 Å². The van der Waals surface area contributed by atoms with E-state index in [0.29, 0.717) is 47.6 Å². The predicted octanol–water partition coefficient (Wildman–Crippen LogP) is 0.575. The molecule has 0 fully saturated rings. The minimum atomic E-state index is -0.0726. The predicted molar refractivity (Wildman–Crippen MR) is 89.2 cm³/mol. The Labute approximate surface area is 140 Å². The lowest BCUT2D eigenvalue weighted by Gasteiger charge is -2.28. The van der Waals surface area contributed by atoms with Gasteiger partial charge in [0.1, 0.15) is 0 Å². The topological polar surface area (TPSA) is 87.4 Å². The van der Waals surface area contributed by atoms with Crippen LogP contribution >= 0.6 is 23.2 Å². The fraction of sp³-hybridized carbons (Fsp3) is 0.571. The first-order valence-electron chi connectivity index (χ1n) is 7.02. The summed E-state index contributed by atoms with van der Waals surface area (Å²) in [5.74, 6) is 0. The van der Waals surface area contributed by atoms with Gasteiger partial charge in [-0.05, 0) is 12.1 Å². The molecule has 0 heterocycles. The van der Waals surface area contributed by atoms with Crippen LogP contribution in [0.5, 0.6) is 0 Å². The molecule has 126 valence electrons. The summed E-state index contributed by atoms with van der Waals surface area (Å²) in [5, 5.41) is 37.0. The number of rotatable bonds is 10. The largest absolute Gasteiger partial charge is 0.395 e. The van der Waals surface area contributed by atoms with E-state index in [9.17, 15) is 0 Å². The van der Waals surface area contributed by atoms with Crippen molar-refractivity contribution in [2.24, 2.45) is 0 Å². The van der Waals surface area contributed by atoms with Crippen molar-refractivity contribution in [1.82, 2.24) is 0 Å². The van der Waals surface area contributed by atoms with Crippen LogP contribution in [0.2, 0.25) is 10.0 Å². The molecule has 0 radical (unpaired) electrons. The van der Waals surface area contributed by atoms with Gasteiger partial charge in [-0.3, -0.25) is 0 Å². The average molecular weight is 353 g/mol. The number of anilines is 2. The second-order valence-electron chi connectivity index (χ2n) is 4.60. The molecular formula is C14H22Cl2N2O4. The number of benzene rings is 1. The Morgan fingerprint density at radius 1 is 0.636 bits per heavy atom. The maximum absolute atomic E-state index is 9.10. The molecule has 0 aliphatic rings. The fourth-order valence-corrected chi connectivity index (χ4v) is 2.76. The smallest absolute Gasteiger partial charge is 0.0846 e. The highest BCUT2D eigenvalue weighted by molar-refractivity contribution is 6.45. The van der Waals surface area contributed by atoms with E-state index in [2.05, 4.69) is 0 Å². The molecule has 0 saturated heterocycles. The number of hydrogen-bond acceptors (Lipinski definition) is 6. The third-order valence-corrected chi connectivity index (χ3v) is 4.06. The Hall–Kier alpha value is -0.760. The van der Waals surface area contributed by atoms with E-state index in [-0.39, 0.29) is 26.4 Å². The summed E-state index contributed by atoms with van der Waals surface area (Å²) in [6.07, 6.45) is 0. The first-order chi connectivity index (χ1) is 10.6. The van der Waals surface area contributed by atoms with Gasteiger partial charge in [-0.15, -0.1) is 0 Å². The average Bonchev–Trinajstić information content (AvgIpc) is 2.50. The maximum Gasteiger partial charge on any atom is 0.0846 e. The molecule has 0 unspecified atom stereocenters. The summed E-state index contributed by atoms with van der Waals surface area (Å²) in [4.78, 5) is 3.47. The zero-order valence-corrected chi connectivity index (χ0v) is 13.8. The SMILES string of the molecule is OCCN(CCO)c1ccc(N(CCO)CCO)c(Cl)c1Cl. The van der Waals surface area contributed by atoms with Gasteiger partial charge in [-0.1, -0.05) is 23.2 Å². The lowest BCUT2D eigenvalue weighted by molar-refractivity contribution is 0.280. The van der Waals surface area contributed by atoms with Crippen molar-refractivity contribution in [3.05, 3.63) is 22.2 Å². The molecule has 0 aliphatic carbocycles. The van der Waals surface area contributed by atoms with Crippen molar-refractivity contribution in [3.8, 4) is 0 Å². The molecule has 1 aromatic rings. The van der Waals surface area contributed by atoms with E-state index >= 15 is 0 Å². The molecule has 0 saturated carbocycles. The summed E-state index contributed by atoms with van der Waals surface area (Å²) >= 11 is 12.6. The zero-order valence-electron chi connectivity index (χ0n) is 12.3. The molecule has 6 nitrogen and oxygen atoms in total. The lowest BCUT2D eigenvalue weighted by Crippen LogP contribution is -2.31. The van der Waals surface area contributed by atoms with Gasteiger partial charge in [0.05, 0.1) is 47.8 Å². The molecule has 0 amide bonds. The highest BCUT2D eigenvalue weighted by Crippen LogP contribution is 2.39. The minimum Gasteiger partial charge on any atom is -0.395 e. The molecule has 4 N–H and O–H groups in total. The fourth-order valence-electron chi connectivity index (χ4n) is 2.21. The van der Waals surface area contributed by atoms with Crippen molar-refractivity contribution in [3.63, 3.8) is 0 Å². The minimum absolute atomic E-state index is 0.0726. The third-order valence-electron chi connectivity index (χ3n) is 3.20. The van der Waals surface area contributed by atoms with Crippen LogP contribution in [0.1, 0.15) is 0 Å². The first-order valence-corrected chi connectivity index (χ1v) is 7.77. The second kappa shape index (κ2) is 10.1. The Morgan fingerprint density at radius 3 is 1.14 bits per heavy atom. The van der Waals surface area contributed by atoms with E-state index < -0.39 is 0 Å². The van der Waals surface area contributed by atoms with Gasteiger partial charge in [-0.2, -0.15) is 0 Å². The Kier molecular flexibility index (Phi) is 8.85. The van der Waals surface area contributed by atoms with Crippen molar-refractivity contribution < 1.29 is 20.4 Å². The molecule has 0 spiro atoms. The number of halogens is 2. The maximum atomic E-state index is 9.10. The molecule has 1 rings (SSSR count). The van der Waals surface area contributed by atoms with E-state index in [4.69, 9.17) is 43.6 Å². The molecule has 8 heteroatoms.